The lowest BCUT2D eigenvalue weighted by atomic mass is 10.1. The molecule has 16 heavy (non-hydrogen) atoms. The quantitative estimate of drug-likeness (QED) is 0.802. The first-order chi connectivity index (χ1) is 7.72. The van der Waals surface area contributed by atoms with E-state index in [1.54, 1.807) is 6.07 Å². The average Bonchev–Trinajstić information content (AvgIpc) is 2.85. The van der Waals surface area contributed by atoms with E-state index in [-0.39, 0.29) is 5.82 Å². The van der Waals surface area contributed by atoms with E-state index in [1.165, 1.54) is 31.4 Å². The van der Waals surface area contributed by atoms with Crippen molar-refractivity contribution in [2.45, 2.75) is 31.8 Å². The Kier molecular flexibility index (Phi) is 2.76. The summed E-state index contributed by atoms with van der Waals surface area (Å²) in [6, 6.07) is 6.13. The topological polar surface area (TPSA) is 3.24 Å². The van der Waals surface area contributed by atoms with Gasteiger partial charge in [0.1, 0.15) is 5.82 Å². The van der Waals surface area contributed by atoms with Crippen LogP contribution in [-0.4, -0.2) is 17.5 Å². The molecule has 1 aliphatic heterocycles. The van der Waals surface area contributed by atoms with Gasteiger partial charge in [-0.1, -0.05) is 6.07 Å². The molecule has 2 fully saturated rings. The summed E-state index contributed by atoms with van der Waals surface area (Å²) in [4.78, 5) is 2.55. The van der Waals surface area contributed by atoms with Crippen LogP contribution >= 0.6 is 15.9 Å². The van der Waals surface area contributed by atoms with E-state index in [4.69, 9.17) is 0 Å². The van der Waals surface area contributed by atoms with Crippen molar-refractivity contribution >= 4 is 15.9 Å². The van der Waals surface area contributed by atoms with Gasteiger partial charge >= 0.3 is 0 Å². The van der Waals surface area contributed by atoms with Gasteiger partial charge in [-0.15, -0.1) is 0 Å². The number of nitrogens with zero attached hydrogens (tertiary/aromatic N) is 1. The van der Waals surface area contributed by atoms with Gasteiger partial charge in [0.2, 0.25) is 0 Å². The number of hydrogen-bond donors (Lipinski definition) is 0. The lowest BCUT2D eigenvalue weighted by Crippen LogP contribution is -2.31. The van der Waals surface area contributed by atoms with Crippen LogP contribution in [0, 0.1) is 11.7 Å². The lowest BCUT2D eigenvalue weighted by molar-refractivity contribution is 0.205. The van der Waals surface area contributed by atoms with Crippen molar-refractivity contribution < 1.29 is 4.39 Å². The van der Waals surface area contributed by atoms with Crippen LogP contribution in [0.4, 0.5) is 4.39 Å². The number of benzene rings is 1. The molecule has 2 atom stereocenters. The highest BCUT2D eigenvalue weighted by Crippen LogP contribution is 2.38. The predicted molar refractivity (Wildman–Crippen MR) is 65.6 cm³/mol. The first kappa shape index (κ1) is 10.7. The molecule has 0 aromatic heterocycles. The summed E-state index contributed by atoms with van der Waals surface area (Å²) in [7, 11) is 0. The van der Waals surface area contributed by atoms with Gasteiger partial charge < -0.3 is 0 Å². The number of rotatable bonds is 2. The highest BCUT2D eigenvalue weighted by atomic mass is 79.9. The van der Waals surface area contributed by atoms with Crippen LogP contribution in [0.2, 0.25) is 0 Å². The fourth-order valence-corrected chi connectivity index (χ4v) is 3.52. The first-order valence-electron chi connectivity index (χ1n) is 5.90. The third-order valence-corrected chi connectivity index (χ3v) is 4.50. The molecule has 1 aromatic rings. The van der Waals surface area contributed by atoms with Gasteiger partial charge in [0.25, 0.3) is 0 Å². The Bertz CT molecular complexity index is 407. The zero-order valence-corrected chi connectivity index (χ0v) is 10.7. The monoisotopic (exact) mass is 283 g/mol. The molecule has 0 N–H and O–H groups in total. The fraction of sp³-hybridized carbons (Fsp3) is 0.538. The minimum atomic E-state index is -0.174. The highest BCUT2D eigenvalue weighted by Gasteiger charge is 2.37. The molecule has 2 unspecified atom stereocenters. The first-order valence-corrected chi connectivity index (χ1v) is 6.69. The Hall–Kier alpha value is -0.410. The predicted octanol–water partition coefficient (Wildman–Crippen LogP) is 3.57. The van der Waals surface area contributed by atoms with Gasteiger partial charge in [-0.05, 0) is 58.8 Å². The van der Waals surface area contributed by atoms with E-state index >= 15 is 0 Å². The summed E-state index contributed by atoms with van der Waals surface area (Å²) in [6.07, 6.45) is 4.14. The van der Waals surface area contributed by atoms with Crippen LogP contribution < -0.4 is 0 Å². The number of hydrogen-bond acceptors (Lipinski definition) is 1. The third kappa shape index (κ3) is 1.91. The van der Waals surface area contributed by atoms with Gasteiger partial charge in [0.05, 0.1) is 4.47 Å². The second kappa shape index (κ2) is 4.11. The molecule has 2 bridgehead atoms. The van der Waals surface area contributed by atoms with E-state index in [0.29, 0.717) is 4.47 Å². The van der Waals surface area contributed by atoms with Crippen molar-refractivity contribution in [1.82, 2.24) is 4.90 Å². The second-order valence-electron chi connectivity index (χ2n) is 5.01. The van der Waals surface area contributed by atoms with E-state index in [2.05, 4.69) is 20.8 Å². The average molecular weight is 284 g/mol. The highest BCUT2D eigenvalue weighted by molar-refractivity contribution is 9.10. The zero-order chi connectivity index (χ0) is 11.1. The van der Waals surface area contributed by atoms with Crippen LogP contribution in [0.25, 0.3) is 0 Å². The third-order valence-electron chi connectivity index (χ3n) is 3.89. The molecular formula is C13H15BrFN. The Morgan fingerprint density at radius 3 is 2.88 bits per heavy atom. The van der Waals surface area contributed by atoms with Crippen molar-refractivity contribution in [2.75, 3.05) is 6.54 Å². The molecule has 0 amide bonds. The standard InChI is InChI=1S/C13H15BrFN/c14-12-6-10(2-4-13(12)15)8-16-7-9-1-3-11(16)5-9/h2,4,6,9,11H,1,3,5,7-8H2. The summed E-state index contributed by atoms with van der Waals surface area (Å²) in [5.41, 5.74) is 1.21. The van der Waals surface area contributed by atoms with E-state index in [9.17, 15) is 4.39 Å². The maximum absolute atomic E-state index is 13.1. The molecule has 0 radical (unpaired) electrons. The summed E-state index contributed by atoms with van der Waals surface area (Å²) in [5, 5.41) is 0. The molecule has 3 heteroatoms. The summed E-state index contributed by atoms with van der Waals surface area (Å²) < 4.78 is 13.7. The number of likely N-dealkylation sites (tertiary alicyclic amines) is 1. The zero-order valence-electron chi connectivity index (χ0n) is 9.13. The molecule has 1 nitrogen and oxygen atoms in total. The number of fused-ring (bicyclic) bond motifs is 2. The second-order valence-corrected chi connectivity index (χ2v) is 5.87. The number of halogens is 2. The van der Waals surface area contributed by atoms with Crippen LogP contribution in [0.5, 0.6) is 0 Å². The van der Waals surface area contributed by atoms with Gasteiger partial charge in [-0.3, -0.25) is 4.90 Å². The molecule has 3 rings (SSSR count). The maximum atomic E-state index is 13.1. The number of piperidine rings is 1. The Morgan fingerprint density at radius 2 is 2.25 bits per heavy atom. The van der Waals surface area contributed by atoms with Gasteiger partial charge in [0.15, 0.2) is 0 Å². The molecule has 2 aliphatic rings. The van der Waals surface area contributed by atoms with Crippen molar-refractivity contribution in [3.05, 3.63) is 34.1 Å². The van der Waals surface area contributed by atoms with Crippen LogP contribution in [-0.2, 0) is 6.54 Å². The van der Waals surface area contributed by atoms with E-state index < -0.39 is 0 Å². The van der Waals surface area contributed by atoms with E-state index in [0.717, 1.165) is 18.5 Å². The molecule has 1 saturated heterocycles. The Morgan fingerprint density at radius 1 is 1.38 bits per heavy atom. The van der Waals surface area contributed by atoms with Crippen LogP contribution in [0.1, 0.15) is 24.8 Å². The molecule has 0 spiro atoms. The molecule has 86 valence electrons. The van der Waals surface area contributed by atoms with Gasteiger partial charge in [-0.25, -0.2) is 4.39 Å². The summed E-state index contributed by atoms with van der Waals surface area (Å²) >= 11 is 3.24. The molecule has 1 heterocycles. The van der Waals surface area contributed by atoms with Crippen molar-refractivity contribution in [2.24, 2.45) is 5.92 Å². The summed E-state index contributed by atoms with van der Waals surface area (Å²) in [5.74, 6) is 0.751. The Balaban J connectivity index is 1.72. The molecular weight excluding hydrogens is 269 g/mol. The normalized spacial score (nSPS) is 28.9. The van der Waals surface area contributed by atoms with Gasteiger partial charge in [-0.2, -0.15) is 0 Å². The molecule has 1 aromatic carbocycles. The summed E-state index contributed by atoms with van der Waals surface area (Å²) in [6.45, 7) is 2.21. The van der Waals surface area contributed by atoms with Crippen molar-refractivity contribution in [3.8, 4) is 0 Å². The van der Waals surface area contributed by atoms with Gasteiger partial charge in [0, 0.05) is 19.1 Å². The lowest BCUT2D eigenvalue weighted by Gasteiger charge is -2.26. The smallest absolute Gasteiger partial charge is 0.137 e. The minimum absolute atomic E-state index is 0.174. The minimum Gasteiger partial charge on any atom is -0.296 e. The van der Waals surface area contributed by atoms with Crippen molar-refractivity contribution in [1.29, 1.82) is 0 Å². The van der Waals surface area contributed by atoms with E-state index in [1.807, 2.05) is 12.1 Å². The largest absolute Gasteiger partial charge is 0.296 e. The fourth-order valence-electron chi connectivity index (χ4n) is 3.09. The van der Waals surface area contributed by atoms with Crippen molar-refractivity contribution in [3.63, 3.8) is 0 Å². The molecule has 1 saturated carbocycles. The van der Waals surface area contributed by atoms with Crippen LogP contribution in [0.15, 0.2) is 22.7 Å². The molecule has 1 aliphatic carbocycles. The maximum Gasteiger partial charge on any atom is 0.137 e. The van der Waals surface area contributed by atoms with Crippen LogP contribution in [0.3, 0.4) is 0 Å². The Labute approximate surface area is 104 Å². The SMILES string of the molecule is Fc1ccc(CN2CC3CCC2C3)cc1Br.